The fourth-order valence-electron chi connectivity index (χ4n) is 5.17. The Labute approximate surface area is 207 Å². The van der Waals surface area contributed by atoms with E-state index in [-0.39, 0.29) is 11.9 Å². The molecule has 0 aliphatic rings. The fourth-order valence-corrected chi connectivity index (χ4v) is 5.17. The third-order valence-electron chi connectivity index (χ3n) is 6.82. The first kappa shape index (κ1) is 21.8. The largest absolute Gasteiger partial charge is 0.465 e. The number of rotatable bonds is 3. The van der Waals surface area contributed by atoms with Gasteiger partial charge in [0, 0.05) is 0 Å². The summed E-state index contributed by atoms with van der Waals surface area (Å²) >= 11 is 0. The molecular weight excluding hydrogens is 448 g/mol. The minimum Gasteiger partial charge on any atom is -0.465 e. The van der Waals surface area contributed by atoms with E-state index in [4.69, 9.17) is 9.47 Å². The highest BCUT2D eigenvalue weighted by atomic mass is 16.5. The standard InChI is InChI=1S/C32H22O4/c1-35-31(33)21-11-13-27-23(17-21)15-19-7-3-5-9-25(19)29(27)30-26-10-6-4-8-20(26)16-24-18-22(32(34)36-2)12-14-28(24)30/h3-18H,1-2H3. The van der Waals surface area contributed by atoms with E-state index in [0.29, 0.717) is 11.1 Å². The number of benzene rings is 6. The number of ether oxygens (including phenoxy) is 2. The molecule has 0 radical (unpaired) electrons. The molecule has 4 heteroatoms. The first-order chi connectivity index (χ1) is 17.6. The molecule has 0 saturated carbocycles. The lowest BCUT2D eigenvalue weighted by molar-refractivity contribution is 0.0592. The lowest BCUT2D eigenvalue weighted by atomic mass is 9.85. The van der Waals surface area contributed by atoms with Gasteiger partial charge < -0.3 is 9.47 Å². The topological polar surface area (TPSA) is 52.6 Å². The van der Waals surface area contributed by atoms with Gasteiger partial charge in [-0.25, -0.2) is 9.59 Å². The van der Waals surface area contributed by atoms with Crippen LogP contribution in [0.3, 0.4) is 0 Å². The van der Waals surface area contributed by atoms with Crippen molar-refractivity contribution in [3.8, 4) is 11.1 Å². The Balaban J connectivity index is 1.80. The van der Waals surface area contributed by atoms with Crippen molar-refractivity contribution in [2.45, 2.75) is 0 Å². The van der Waals surface area contributed by atoms with Crippen molar-refractivity contribution in [1.82, 2.24) is 0 Å². The van der Waals surface area contributed by atoms with Gasteiger partial charge in [-0.3, -0.25) is 0 Å². The van der Waals surface area contributed by atoms with Crippen LogP contribution in [0.1, 0.15) is 20.7 Å². The number of carbonyl (C=O) groups excluding carboxylic acids is 2. The van der Waals surface area contributed by atoms with Gasteiger partial charge in [0.15, 0.2) is 0 Å². The van der Waals surface area contributed by atoms with Crippen LogP contribution in [-0.4, -0.2) is 26.2 Å². The Morgan fingerprint density at radius 3 is 1.28 bits per heavy atom. The molecule has 6 aromatic carbocycles. The van der Waals surface area contributed by atoms with Crippen LogP contribution in [0.5, 0.6) is 0 Å². The Morgan fingerprint density at radius 1 is 0.472 bits per heavy atom. The van der Waals surface area contributed by atoms with E-state index in [2.05, 4.69) is 36.4 Å². The summed E-state index contributed by atoms with van der Waals surface area (Å²) in [7, 11) is 2.78. The van der Waals surface area contributed by atoms with Gasteiger partial charge in [-0.2, -0.15) is 0 Å². The van der Waals surface area contributed by atoms with E-state index in [0.717, 1.165) is 54.2 Å². The van der Waals surface area contributed by atoms with Gasteiger partial charge in [-0.1, -0.05) is 60.7 Å². The average molecular weight is 471 g/mol. The van der Waals surface area contributed by atoms with E-state index in [1.807, 2.05) is 60.7 Å². The maximum absolute atomic E-state index is 12.3. The summed E-state index contributed by atoms with van der Waals surface area (Å²) in [6, 6.07) is 32.2. The van der Waals surface area contributed by atoms with Gasteiger partial charge in [0.2, 0.25) is 0 Å². The molecule has 0 spiro atoms. The highest BCUT2D eigenvalue weighted by Crippen LogP contribution is 2.44. The molecule has 0 amide bonds. The van der Waals surface area contributed by atoms with Gasteiger partial charge >= 0.3 is 11.9 Å². The van der Waals surface area contributed by atoms with Gasteiger partial charge in [0.05, 0.1) is 25.3 Å². The molecule has 0 fully saturated rings. The second-order valence-corrected chi connectivity index (χ2v) is 8.80. The first-order valence-corrected chi connectivity index (χ1v) is 11.7. The summed E-state index contributed by atoms with van der Waals surface area (Å²) in [5.74, 6) is -0.727. The molecule has 6 aromatic rings. The Bertz CT molecular complexity index is 1710. The van der Waals surface area contributed by atoms with E-state index >= 15 is 0 Å². The summed E-state index contributed by atoms with van der Waals surface area (Å²) in [5.41, 5.74) is 3.20. The summed E-state index contributed by atoms with van der Waals surface area (Å²) in [5, 5.41) is 8.38. The smallest absolute Gasteiger partial charge is 0.337 e. The third-order valence-corrected chi connectivity index (χ3v) is 6.82. The Kier molecular flexibility index (Phi) is 5.15. The van der Waals surface area contributed by atoms with Crippen molar-refractivity contribution < 1.29 is 19.1 Å². The second kappa shape index (κ2) is 8.51. The molecule has 0 aliphatic heterocycles. The summed E-state index contributed by atoms with van der Waals surface area (Å²) in [4.78, 5) is 24.6. The van der Waals surface area contributed by atoms with Crippen LogP contribution in [0.2, 0.25) is 0 Å². The molecule has 0 aliphatic carbocycles. The molecule has 0 saturated heterocycles. The minimum absolute atomic E-state index is 0.363. The maximum Gasteiger partial charge on any atom is 0.337 e. The second-order valence-electron chi connectivity index (χ2n) is 8.80. The van der Waals surface area contributed by atoms with E-state index < -0.39 is 0 Å². The molecule has 174 valence electrons. The lowest BCUT2D eigenvalue weighted by Crippen LogP contribution is -2.01. The van der Waals surface area contributed by atoms with E-state index in [1.54, 1.807) is 0 Å². The van der Waals surface area contributed by atoms with Crippen LogP contribution < -0.4 is 0 Å². The normalized spacial score (nSPS) is 11.3. The molecule has 0 unspecified atom stereocenters. The number of hydrogen-bond donors (Lipinski definition) is 0. The average Bonchev–Trinajstić information content (AvgIpc) is 2.93. The number of carbonyl (C=O) groups is 2. The number of esters is 2. The molecule has 6 rings (SSSR count). The Morgan fingerprint density at radius 2 is 0.861 bits per heavy atom. The van der Waals surface area contributed by atoms with Crippen LogP contribution in [0, 0.1) is 0 Å². The number of methoxy groups -OCH3 is 2. The van der Waals surface area contributed by atoms with Crippen molar-refractivity contribution in [1.29, 1.82) is 0 Å². The van der Waals surface area contributed by atoms with Crippen LogP contribution in [0.25, 0.3) is 54.2 Å². The van der Waals surface area contributed by atoms with E-state index in [1.165, 1.54) is 14.2 Å². The molecule has 4 nitrogen and oxygen atoms in total. The molecule has 0 heterocycles. The summed E-state index contributed by atoms with van der Waals surface area (Å²) in [6.07, 6.45) is 0. The van der Waals surface area contributed by atoms with E-state index in [9.17, 15) is 9.59 Å². The zero-order chi connectivity index (χ0) is 24.8. The summed E-state index contributed by atoms with van der Waals surface area (Å²) in [6.45, 7) is 0. The highest BCUT2D eigenvalue weighted by molar-refractivity contribution is 6.23. The highest BCUT2D eigenvalue weighted by Gasteiger charge is 2.18. The van der Waals surface area contributed by atoms with Crippen molar-refractivity contribution in [2.75, 3.05) is 14.2 Å². The molecule has 0 N–H and O–H groups in total. The van der Waals surface area contributed by atoms with Gasteiger partial charge in [-0.05, 0) is 90.6 Å². The van der Waals surface area contributed by atoms with Crippen molar-refractivity contribution in [3.63, 3.8) is 0 Å². The van der Waals surface area contributed by atoms with Crippen LogP contribution in [0.15, 0.2) is 97.1 Å². The first-order valence-electron chi connectivity index (χ1n) is 11.7. The zero-order valence-electron chi connectivity index (χ0n) is 19.9. The molecule has 0 atom stereocenters. The molecule has 0 aromatic heterocycles. The third kappa shape index (κ3) is 3.38. The van der Waals surface area contributed by atoms with Crippen molar-refractivity contribution in [3.05, 3.63) is 108 Å². The number of fused-ring (bicyclic) bond motifs is 4. The molecule has 36 heavy (non-hydrogen) atoms. The van der Waals surface area contributed by atoms with Crippen LogP contribution in [-0.2, 0) is 9.47 Å². The number of hydrogen-bond acceptors (Lipinski definition) is 4. The van der Waals surface area contributed by atoms with Gasteiger partial charge in [0.1, 0.15) is 0 Å². The monoisotopic (exact) mass is 470 g/mol. The SMILES string of the molecule is COC(=O)c1ccc2c(-c3c4ccccc4cc4cc(C(=O)OC)ccc34)c3ccccc3cc2c1. The summed E-state index contributed by atoms with van der Waals surface area (Å²) < 4.78 is 9.93. The van der Waals surface area contributed by atoms with Crippen molar-refractivity contribution in [2.24, 2.45) is 0 Å². The van der Waals surface area contributed by atoms with Crippen LogP contribution >= 0.6 is 0 Å². The fraction of sp³-hybridized carbons (Fsp3) is 0.0625. The molecule has 0 bridgehead atoms. The predicted molar refractivity (Wildman–Crippen MR) is 145 cm³/mol. The predicted octanol–water partition coefficient (Wildman–Crippen LogP) is 7.54. The molecular formula is C32H22O4. The van der Waals surface area contributed by atoms with Gasteiger partial charge in [-0.15, -0.1) is 0 Å². The lowest BCUT2D eigenvalue weighted by Gasteiger charge is -2.18. The maximum atomic E-state index is 12.3. The Hall–Kier alpha value is -4.70. The van der Waals surface area contributed by atoms with Crippen LogP contribution in [0.4, 0.5) is 0 Å². The quantitative estimate of drug-likeness (QED) is 0.198. The minimum atomic E-state index is -0.363. The van der Waals surface area contributed by atoms with Crippen molar-refractivity contribution >= 4 is 55.0 Å². The van der Waals surface area contributed by atoms with Gasteiger partial charge in [0.25, 0.3) is 0 Å². The zero-order valence-corrected chi connectivity index (χ0v) is 19.9.